The molecule has 0 aliphatic heterocycles. The number of nitrogens with zero attached hydrogens (tertiary/aromatic N) is 1. The summed E-state index contributed by atoms with van der Waals surface area (Å²) in [4.78, 5) is 25.7. The molecule has 0 atom stereocenters. The minimum atomic E-state index is -4.51. The topological polar surface area (TPSA) is 61.4 Å². The van der Waals surface area contributed by atoms with E-state index >= 15 is 0 Å². The Morgan fingerprint density at radius 1 is 0.966 bits per heavy atom. The summed E-state index contributed by atoms with van der Waals surface area (Å²) in [5.41, 5.74) is 1.41. The second-order valence-electron chi connectivity index (χ2n) is 6.58. The fraction of sp³-hybridized carbons (Fsp3) is 0.300. The number of nitrogens with one attached hydrogen (secondary N) is 2. The van der Waals surface area contributed by atoms with Gasteiger partial charge in [-0.3, -0.25) is 9.59 Å². The van der Waals surface area contributed by atoms with Crippen molar-refractivity contribution in [2.24, 2.45) is 0 Å². The number of amides is 2. The number of hydrogen-bond donors (Lipinski definition) is 2. The van der Waals surface area contributed by atoms with Crippen LogP contribution in [0.5, 0.6) is 0 Å². The highest BCUT2D eigenvalue weighted by molar-refractivity contribution is 8.00. The molecular weight excluding hydrogens is 403 g/mol. The smallest absolute Gasteiger partial charge is 0.376 e. The molecule has 29 heavy (non-hydrogen) atoms. The Kier molecular flexibility index (Phi) is 7.55. The zero-order valence-corrected chi connectivity index (χ0v) is 17.1. The highest BCUT2D eigenvalue weighted by Crippen LogP contribution is 2.35. The summed E-state index contributed by atoms with van der Waals surface area (Å²) in [5, 5.41) is 5.22. The average Bonchev–Trinajstić information content (AvgIpc) is 2.62. The van der Waals surface area contributed by atoms with Crippen molar-refractivity contribution in [3.63, 3.8) is 0 Å². The number of anilines is 3. The molecule has 0 unspecified atom stereocenters. The van der Waals surface area contributed by atoms with E-state index in [0.29, 0.717) is 11.4 Å². The van der Waals surface area contributed by atoms with E-state index in [1.165, 1.54) is 6.07 Å². The molecule has 0 bridgehead atoms. The van der Waals surface area contributed by atoms with Crippen LogP contribution in [-0.2, 0) is 15.8 Å². The Labute approximate surface area is 171 Å². The highest BCUT2D eigenvalue weighted by atomic mass is 32.2. The van der Waals surface area contributed by atoms with Gasteiger partial charge in [-0.25, -0.2) is 0 Å². The maximum absolute atomic E-state index is 13.0. The second-order valence-corrected chi connectivity index (χ2v) is 7.56. The van der Waals surface area contributed by atoms with E-state index in [1.807, 2.05) is 19.1 Å². The molecule has 2 amide bonds. The van der Waals surface area contributed by atoms with E-state index in [4.69, 9.17) is 0 Å². The lowest BCUT2D eigenvalue weighted by Gasteiger charge is -2.19. The van der Waals surface area contributed by atoms with Gasteiger partial charge in [0.1, 0.15) is 0 Å². The molecule has 2 aromatic rings. The first-order chi connectivity index (χ1) is 13.6. The molecule has 0 aromatic heterocycles. The summed E-state index contributed by atoms with van der Waals surface area (Å²) < 4.78 is 38.9. The number of carbonyl (C=O) groups is 2. The minimum Gasteiger partial charge on any atom is -0.376 e. The molecule has 0 saturated heterocycles. The molecule has 0 fully saturated rings. The average molecular weight is 425 g/mol. The molecule has 0 aliphatic carbocycles. The Bertz CT molecular complexity index is 868. The summed E-state index contributed by atoms with van der Waals surface area (Å²) in [6.07, 6.45) is -4.51. The van der Waals surface area contributed by atoms with Gasteiger partial charge >= 0.3 is 6.18 Å². The van der Waals surface area contributed by atoms with Gasteiger partial charge in [0.15, 0.2) is 0 Å². The number of hydrogen-bond acceptors (Lipinski definition) is 4. The maximum Gasteiger partial charge on any atom is 0.416 e. The first-order valence-corrected chi connectivity index (χ1v) is 9.84. The Hall–Kier alpha value is -2.68. The maximum atomic E-state index is 13.0. The highest BCUT2D eigenvalue weighted by Gasteiger charge is 2.31. The van der Waals surface area contributed by atoms with Crippen LogP contribution in [0.25, 0.3) is 0 Å². The van der Waals surface area contributed by atoms with Gasteiger partial charge in [-0.15, -0.1) is 11.8 Å². The van der Waals surface area contributed by atoms with Gasteiger partial charge in [0.25, 0.3) is 0 Å². The summed E-state index contributed by atoms with van der Waals surface area (Å²) in [6, 6.07) is 10.5. The first kappa shape index (κ1) is 22.6. The van der Waals surface area contributed by atoms with E-state index in [0.717, 1.165) is 29.5 Å². The minimum absolute atomic E-state index is 0.0461. The van der Waals surface area contributed by atoms with Gasteiger partial charge in [0.2, 0.25) is 11.8 Å². The van der Waals surface area contributed by atoms with Crippen molar-refractivity contribution >= 4 is 40.6 Å². The van der Waals surface area contributed by atoms with Crippen LogP contribution in [0.15, 0.2) is 42.5 Å². The largest absolute Gasteiger partial charge is 0.416 e. The van der Waals surface area contributed by atoms with E-state index < -0.39 is 17.6 Å². The standard InChI is InChI=1S/C20H22F3N3O2S/c1-13-4-7-15(8-5-13)24-18(27)11-29-12-19(28)25-16-10-14(20(21,22)23)6-9-17(16)26(2)3/h4-10H,11-12H2,1-3H3,(H,24,27)(H,25,28). The summed E-state index contributed by atoms with van der Waals surface area (Å²) in [7, 11) is 3.34. The lowest BCUT2D eigenvalue weighted by molar-refractivity contribution is -0.137. The lowest BCUT2D eigenvalue weighted by Crippen LogP contribution is -2.20. The zero-order chi connectivity index (χ0) is 21.6. The van der Waals surface area contributed by atoms with Gasteiger partial charge in [-0.05, 0) is 37.3 Å². The van der Waals surface area contributed by atoms with Crippen LogP contribution in [0.2, 0.25) is 0 Å². The molecular formula is C20H22F3N3O2S. The summed E-state index contributed by atoms with van der Waals surface area (Å²) in [6.45, 7) is 1.94. The summed E-state index contributed by atoms with van der Waals surface area (Å²) >= 11 is 1.08. The van der Waals surface area contributed by atoms with Crippen LogP contribution in [-0.4, -0.2) is 37.4 Å². The van der Waals surface area contributed by atoms with Crippen molar-refractivity contribution in [1.29, 1.82) is 0 Å². The normalized spacial score (nSPS) is 11.1. The molecule has 156 valence electrons. The van der Waals surface area contributed by atoms with Crippen LogP contribution in [0.1, 0.15) is 11.1 Å². The van der Waals surface area contributed by atoms with Crippen molar-refractivity contribution in [3.05, 3.63) is 53.6 Å². The predicted molar refractivity (Wildman–Crippen MR) is 112 cm³/mol. The number of aryl methyl sites for hydroxylation is 1. The predicted octanol–water partition coefficient (Wildman–Crippen LogP) is 4.39. The zero-order valence-electron chi connectivity index (χ0n) is 16.3. The van der Waals surface area contributed by atoms with Crippen molar-refractivity contribution in [2.75, 3.05) is 41.1 Å². The van der Waals surface area contributed by atoms with Crippen LogP contribution >= 0.6 is 11.8 Å². The fourth-order valence-electron chi connectivity index (χ4n) is 2.46. The van der Waals surface area contributed by atoms with Crippen LogP contribution < -0.4 is 15.5 Å². The number of thioether (sulfide) groups is 1. The van der Waals surface area contributed by atoms with Gasteiger partial charge in [0.05, 0.1) is 28.4 Å². The van der Waals surface area contributed by atoms with E-state index in [9.17, 15) is 22.8 Å². The Morgan fingerprint density at radius 2 is 1.55 bits per heavy atom. The number of alkyl halides is 3. The number of rotatable bonds is 7. The van der Waals surface area contributed by atoms with Crippen LogP contribution in [0.4, 0.5) is 30.2 Å². The number of benzene rings is 2. The Morgan fingerprint density at radius 3 is 2.10 bits per heavy atom. The molecule has 0 spiro atoms. The van der Waals surface area contributed by atoms with Gasteiger partial charge in [0, 0.05) is 19.8 Å². The second kappa shape index (κ2) is 9.69. The number of halogens is 3. The molecule has 2 N–H and O–H groups in total. The molecule has 0 heterocycles. The van der Waals surface area contributed by atoms with E-state index in [-0.39, 0.29) is 23.1 Å². The fourth-order valence-corrected chi connectivity index (χ4v) is 3.08. The van der Waals surface area contributed by atoms with Crippen LogP contribution in [0, 0.1) is 6.92 Å². The van der Waals surface area contributed by atoms with E-state index in [2.05, 4.69) is 10.6 Å². The summed E-state index contributed by atoms with van der Waals surface area (Å²) in [5.74, 6) is -0.769. The van der Waals surface area contributed by atoms with Crippen molar-refractivity contribution < 1.29 is 22.8 Å². The molecule has 0 saturated carbocycles. The first-order valence-electron chi connectivity index (χ1n) is 8.69. The SMILES string of the molecule is Cc1ccc(NC(=O)CSCC(=O)Nc2cc(C(F)(F)F)ccc2N(C)C)cc1. The Balaban J connectivity index is 1.91. The molecule has 5 nitrogen and oxygen atoms in total. The third-order valence-electron chi connectivity index (χ3n) is 3.88. The molecule has 2 rings (SSSR count). The van der Waals surface area contributed by atoms with Crippen LogP contribution in [0.3, 0.4) is 0 Å². The lowest BCUT2D eigenvalue weighted by atomic mass is 10.1. The van der Waals surface area contributed by atoms with E-state index in [1.54, 1.807) is 31.1 Å². The quantitative estimate of drug-likeness (QED) is 0.691. The molecule has 9 heteroatoms. The third kappa shape index (κ3) is 7.01. The van der Waals surface area contributed by atoms with Crippen molar-refractivity contribution in [1.82, 2.24) is 0 Å². The molecule has 2 aromatic carbocycles. The number of carbonyl (C=O) groups excluding carboxylic acids is 2. The van der Waals surface area contributed by atoms with Gasteiger partial charge in [-0.1, -0.05) is 17.7 Å². The van der Waals surface area contributed by atoms with Crippen molar-refractivity contribution in [2.45, 2.75) is 13.1 Å². The van der Waals surface area contributed by atoms with Crippen molar-refractivity contribution in [3.8, 4) is 0 Å². The van der Waals surface area contributed by atoms with Gasteiger partial charge in [-0.2, -0.15) is 13.2 Å². The molecule has 0 aliphatic rings. The molecule has 0 radical (unpaired) electrons. The van der Waals surface area contributed by atoms with Gasteiger partial charge < -0.3 is 15.5 Å². The monoisotopic (exact) mass is 425 g/mol. The third-order valence-corrected chi connectivity index (χ3v) is 4.81.